The van der Waals surface area contributed by atoms with Crippen LogP contribution in [0.5, 0.6) is 0 Å². The van der Waals surface area contributed by atoms with E-state index in [1.807, 2.05) is 5.38 Å². The highest BCUT2D eigenvalue weighted by Crippen LogP contribution is 2.29. The van der Waals surface area contributed by atoms with Gasteiger partial charge in [0.25, 0.3) is 5.91 Å². The summed E-state index contributed by atoms with van der Waals surface area (Å²) in [4.78, 5) is 24.0. The van der Waals surface area contributed by atoms with E-state index in [2.05, 4.69) is 19.2 Å². The SMILES string of the molecule is C[C@@H]1[C@H](C)CCC[C@@H]1NC(=O)COC(=O)c1cccs1. The molecule has 1 saturated carbocycles. The summed E-state index contributed by atoms with van der Waals surface area (Å²) in [5.74, 6) is 0.462. The lowest BCUT2D eigenvalue weighted by atomic mass is 9.78. The Kier molecular flexibility index (Phi) is 5.17. The van der Waals surface area contributed by atoms with Crippen molar-refractivity contribution in [3.63, 3.8) is 0 Å². The Bertz CT molecular complexity index is 458. The van der Waals surface area contributed by atoms with Crippen LogP contribution in [0.15, 0.2) is 17.5 Å². The molecule has 2 rings (SSSR count). The predicted octanol–water partition coefficient (Wildman–Crippen LogP) is 2.85. The van der Waals surface area contributed by atoms with E-state index in [4.69, 9.17) is 4.74 Å². The van der Waals surface area contributed by atoms with Gasteiger partial charge in [0, 0.05) is 6.04 Å². The van der Waals surface area contributed by atoms with Gasteiger partial charge in [0.15, 0.2) is 6.61 Å². The first kappa shape index (κ1) is 15.0. The number of ether oxygens (including phenoxy) is 1. The van der Waals surface area contributed by atoms with Gasteiger partial charge in [-0.2, -0.15) is 0 Å². The Hall–Kier alpha value is -1.36. The lowest BCUT2D eigenvalue weighted by Crippen LogP contribution is -2.45. The summed E-state index contributed by atoms with van der Waals surface area (Å²) >= 11 is 1.31. The number of esters is 1. The van der Waals surface area contributed by atoms with Crippen molar-refractivity contribution in [2.45, 2.75) is 39.2 Å². The summed E-state index contributed by atoms with van der Waals surface area (Å²) in [6.07, 6.45) is 3.38. The van der Waals surface area contributed by atoms with Crippen molar-refractivity contribution < 1.29 is 14.3 Å². The van der Waals surface area contributed by atoms with Crippen LogP contribution < -0.4 is 5.32 Å². The fourth-order valence-corrected chi connectivity index (χ4v) is 3.25. The van der Waals surface area contributed by atoms with Crippen LogP contribution in [0.3, 0.4) is 0 Å². The molecule has 1 aliphatic rings. The molecule has 1 aromatic rings. The van der Waals surface area contributed by atoms with E-state index in [9.17, 15) is 9.59 Å². The van der Waals surface area contributed by atoms with Gasteiger partial charge in [-0.3, -0.25) is 4.79 Å². The average Bonchev–Trinajstić information content (AvgIpc) is 2.95. The smallest absolute Gasteiger partial charge is 0.348 e. The fourth-order valence-electron chi connectivity index (χ4n) is 2.63. The molecule has 0 aliphatic heterocycles. The van der Waals surface area contributed by atoms with Gasteiger partial charge in [-0.25, -0.2) is 4.79 Å². The highest BCUT2D eigenvalue weighted by molar-refractivity contribution is 7.11. The second-order valence-corrected chi connectivity index (χ2v) is 6.44. The van der Waals surface area contributed by atoms with Crippen molar-refractivity contribution >= 4 is 23.2 Å². The van der Waals surface area contributed by atoms with Crippen molar-refractivity contribution in [2.24, 2.45) is 11.8 Å². The Morgan fingerprint density at radius 2 is 2.20 bits per heavy atom. The van der Waals surface area contributed by atoms with Gasteiger partial charge in [-0.05, 0) is 29.7 Å². The molecule has 1 N–H and O–H groups in total. The monoisotopic (exact) mass is 295 g/mol. The topological polar surface area (TPSA) is 55.4 Å². The van der Waals surface area contributed by atoms with E-state index in [1.54, 1.807) is 12.1 Å². The van der Waals surface area contributed by atoms with Crippen LogP contribution in [-0.2, 0) is 9.53 Å². The van der Waals surface area contributed by atoms with Gasteiger partial charge < -0.3 is 10.1 Å². The molecule has 0 unspecified atom stereocenters. The van der Waals surface area contributed by atoms with Crippen LogP contribution >= 0.6 is 11.3 Å². The van der Waals surface area contributed by atoms with E-state index in [0.717, 1.165) is 12.8 Å². The second kappa shape index (κ2) is 6.88. The van der Waals surface area contributed by atoms with E-state index in [0.29, 0.717) is 16.7 Å². The molecule has 110 valence electrons. The number of carbonyl (C=O) groups excluding carboxylic acids is 2. The van der Waals surface area contributed by atoms with Crippen LogP contribution in [0.1, 0.15) is 42.8 Å². The van der Waals surface area contributed by atoms with E-state index >= 15 is 0 Å². The third-order valence-electron chi connectivity index (χ3n) is 4.11. The second-order valence-electron chi connectivity index (χ2n) is 5.49. The van der Waals surface area contributed by atoms with Crippen LogP contribution in [0.4, 0.5) is 0 Å². The fraction of sp³-hybridized carbons (Fsp3) is 0.600. The normalized spacial score (nSPS) is 26.0. The molecule has 1 fully saturated rings. The maximum atomic E-state index is 11.9. The molecule has 0 bridgehead atoms. The predicted molar refractivity (Wildman–Crippen MR) is 78.7 cm³/mol. The number of rotatable bonds is 4. The van der Waals surface area contributed by atoms with Crippen molar-refractivity contribution in [1.82, 2.24) is 5.32 Å². The lowest BCUT2D eigenvalue weighted by Gasteiger charge is -2.34. The molecule has 4 nitrogen and oxygen atoms in total. The number of hydrogen-bond acceptors (Lipinski definition) is 4. The van der Waals surface area contributed by atoms with Crippen molar-refractivity contribution in [2.75, 3.05) is 6.61 Å². The first-order valence-corrected chi connectivity index (χ1v) is 7.96. The highest BCUT2D eigenvalue weighted by Gasteiger charge is 2.28. The molecule has 0 radical (unpaired) electrons. The van der Waals surface area contributed by atoms with Crippen LogP contribution in [0.2, 0.25) is 0 Å². The van der Waals surface area contributed by atoms with Gasteiger partial charge in [-0.1, -0.05) is 32.8 Å². The number of amides is 1. The summed E-state index contributed by atoms with van der Waals surface area (Å²) in [6.45, 7) is 4.20. The molecule has 1 aliphatic carbocycles. The standard InChI is InChI=1S/C15H21NO3S/c1-10-5-3-6-12(11(10)2)16-14(17)9-19-15(18)13-7-4-8-20-13/h4,7-8,10-12H,3,5-6,9H2,1-2H3,(H,16,17)/t10-,11-,12+/m1/s1. The number of nitrogens with one attached hydrogen (secondary N) is 1. The van der Waals surface area contributed by atoms with Gasteiger partial charge in [0.2, 0.25) is 0 Å². The van der Waals surface area contributed by atoms with Crippen LogP contribution in [-0.4, -0.2) is 24.5 Å². The van der Waals surface area contributed by atoms with E-state index < -0.39 is 5.97 Å². The molecular weight excluding hydrogens is 274 g/mol. The number of carbonyl (C=O) groups is 2. The van der Waals surface area contributed by atoms with Crippen molar-refractivity contribution in [1.29, 1.82) is 0 Å². The number of thiophene rings is 1. The summed E-state index contributed by atoms with van der Waals surface area (Å²) in [5, 5.41) is 4.79. The minimum Gasteiger partial charge on any atom is -0.451 e. The Morgan fingerprint density at radius 1 is 1.40 bits per heavy atom. The van der Waals surface area contributed by atoms with E-state index in [1.165, 1.54) is 17.8 Å². The zero-order chi connectivity index (χ0) is 14.5. The van der Waals surface area contributed by atoms with Crippen LogP contribution in [0.25, 0.3) is 0 Å². The molecule has 1 heterocycles. The zero-order valence-electron chi connectivity index (χ0n) is 11.9. The summed E-state index contributed by atoms with van der Waals surface area (Å²) in [6, 6.07) is 3.68. The molecule has 1 amide bonds. The minimum atomic E-state index is -0.430. The lowest BCUT2D eigenvalue weighted by molar-refractivity contribution is -0.125. The van der Waals surface area contributed by atoms with Gasteiger partial charge in [0.05, 0.1) is 0 Å². The van der Waals surface area contributed by atoms with Gasteiger partial charge in [0.1, 0.15) is 4.88 Å². The summed E-state index contributed by atoms with van der Waals surface area (Å²) in [5.41, 5.74) is 0. The third kappa shape index (κ3) is 3.82. The Balaban J connectivity index is 1.76. The molecular formula is C15H21NO3S. The third-order valence-corrected chi connectivity index (χ3v) is 4.96. The summed E-state index contributed by atoms with van der Waals surface area (Å²) < 4.78 is 5.01. The van der Waals surface area contributed by atoms with Gasteiger partial charge >= 0.3 is 5.97 Å². The first-order chi connectivity index (χ1) is 9.58. The number of hydrogen-bond donors (Lipinski definition) is 1. The molecule has 5 heteroatoms. The van der Waals surface area contributed by atoms with Crippen LogP contribution in [0, 0.1) is 11.8 Å². The maximum absolute atomic E-state index is 11.9. The first-order valence-electron chi connectivity index (χ1n) is 7.08. The maximum Gasteiger partial charge on any atom is 0.348 e. The van der Waals surface area contributed by atoms with Crippen molar-refractivity contribution in [3.05, 3.63) is 22.4 Å². The van der Waals surface area contributed by atoms with Gasteiger partial charge in [-0.15, -0.1) is 11.3 Å². The highest BCUT2D eigenvalue weighted by atomic mass is 32.1. The molecule has 0 aromatic carbocycles. The molecule has 20 heavy (non-hydrogen) atoms. The Morgan fingerprint density at radius 3 is 2.90 bits per heavy atom. The average molecular weight is 295 g/mol. The quantitative estimate of drug-likeness (QED) is 0.869. The minimum absolute atomic E-state index is 0.200. The largest absolute Gasteiger partial charge is 0.451 e. The summed E-state index contributed by atoms with van der Waals surface area (Å²) in [7, 11) is 0. The molecule has 1 aromatic heterocycles. The zero-order valence-corrected chi connectivity index (χ0v) is 12.7. The van der Waals surface area contributed by atoms with E-state index in [-0.39, 0.29) is 18.6 Å². The molecule has 3 atom stereocenters. The molecule has 0 spiro atoms. The van der Waals surface area contributed by atoms with Crippen molar-refractivity contribution in [3.8, 4) is 0 Å². The molecule has 0 saturated heterocycles. The Labute approximate surface area is 123 Å².